The van der Waals surface area contributed by atoms with E-state index >= 15 is 0 Å². The molecule has 0 amide bonds. The third-order valence-electron chi connectivity index (χ3n) is 1.90. The van der Waals surface area contributed by atoms with Crippen molar-refractivity contribution in [2.45, 2.75) is 11.2 Å². The summed E-state index contributed by atoms with van der Waals surface area (Å²) in [4.78, 5) is 1.16. The van der Waals surface area contributed by atoms with Crippen LogP contribution < -0.4 is 0 Å². The van der Waals surface area contributed by atoms with Crippen LogP contribution in [0.3, 0.4) is 0 Å². The first-order valence-corrected chi connectivity index (χ1v) is 6.14. The van der Waals surface area contributed by atoms with Crippen molar-refractivity contribution in [1.82, 2.24) is 0 Å². The monoisotopic (exact) mass is 276 g/mol. The number of methoxy groups -OCH3 is 2. The number of halogens is 1. The summed E-state index contributed by atoms with van der Waals surface area (Å²) >= 11 is 5.18. The summed E-state index contributed by atoms with van der Waals surface area (Å²) in [6, 6.07) is 6.04. The summed E-state index contributed by atoms with van der Waals surface area (Å²) in [7, 11) is 3.27. The standard InChI is InChI=1S/C10H13BrO2S/c1-12-10(13-2)9-7(11)5-4-6-8(9)14-3/h4-6,10H,1-3H3. The molecule has 0 saturated carbocycles. The van der Waals surface area contributed by atoms with Crippen molar-refractivity contribution in [3.8, 4) is 0 Å². The highest BCUT2D eigenvalue weighted by Gasteiger charge is 2.16. The maximum atomic E-state index is 5.24. The normalized spacial score (nSPS) is 10.9. The average Bonchev–Trinajstić information content (AvgIpc) is 2.22. The summed E-state index contributed by atoms with van der Waals surface area (Å²) in [5.41, 5.74) is 1.05. The molecule has 0 aliphatic rings. The van der Waals surface area contributed by atoms with Gasteiger partial charge in [0, 0.05) is 29.2 Å². The van der Waals surface area contributed by atoms with E-state index in [1.807, 2.05) is 18.4 Å². The van der Waals surface area contributed by atoms with Crippen molar-refractivity contribution in [1.29, 1.82) is 0 Å². The number of thioether (sulfide) groups is 1. The molecule has 0 spiro atoms. The Morgan fingerprint density at radius 2 is 1.93 bits per heavy atom. The van der Waals surface area contributed by atoms with Crippen molar-refractivity contribution in [2.24, 2.45) is 0 Å². The van der Waals surface area contributed by atoms with Crippen LogP contribution in [0.15, 0.2) is 27.6 Å². The zero-order valence-corrected chi connectivity index (χ0v) is 10.8. The Bertz CT molecular complexity index is 300. The van der Waals surface area contributed by atoms with Crippen molar-refractivity contribution < 1.29 is 9.47 Å². The molecule has 0 N–H and O–H groups in total. The fourth-order valence-electron chi connectivity index (χ4n) is 1.26. The molecule has 4 heteroatoms. The van der Waals surface area contributed by atoms with Crippen LogP contribution in [0, 0.1) is 0 Å². The molecule has 2 nitrogen and oxygen atoms in total. The Morgan fingerprint density at radius 3 is 2.43 bits per heavy atom. The maximum Gasteiger partial charge on any atom is 0.185 e. The van der Waals surface area contributed by atoms with Crippen molar-refractivity contribution in [3.05, 3.63) is 28.2 Å². The van der Waals surface area contributed by atoms with Gasteiger partial charge in [0.05, 0.1) is 0 Å². The lowest BCUT2D eigenvalue weighted by molar-refractivity contribution is -0.108. The Balaban J connectivity index is 3.14. The molecule has 0 heterocycles. The molecule has 78 valence electrons. The lowest BCUT2D eigenvalue weighted by atomic mass is 10.2. The van der Waals surface area contributed by atoms with E-state index in [1.165, 1.54) is 0 Å². The highest BCUT2D eigenvalue weighted by molar-refractivity contribution is 9.10. The number of benzene rings is 1. The van der Waals surface area contributed by atoms with Gasteiger partial charge in [0.1, 0.15) is 0 Å². The zero-order valence-electron chi connectivity index (χ0n) is 8.41. The Labute approximate surface area is 97.1 Å². The predicted molar refractivity (Wildman–Crippen MR) is 62.7 cm³/mol. The minimum absolute atomic E-state index is 0.312. The molecule has 0 aromatic heterocycles. The van der Waals surface area contributed by atoms with E-state index in [9.17, 15) is 0 Å². The first kappa shape index (κ1) is 12.0. The van der Waals surface area contributed by atoms with Crippen LogP contribution in [0.25, 0.3) is 0 Å². The third kappa shape index (κ3) is 2.51. The van der Waals surface area contributed by atoms with Gasteiger partial charge in [-0.2, -0.15) is 0 Å². The molecule has 0 aliphatic carbocycles. The van der Waals surface area contributed by atoms with Crippen LogP contribution >= 0.6 is 27.7 Å². The van der Waals surface area contributed by atoms with E-state index in [2.05, 4.69) is 22.0 Å². The van der Waals surface area contributed by atoms with Gasteiger partial charge in [0.25, 0.3) is 0 Å². The predicted octanol–water partition coefficient (Wildman–Crippen LogP) is 3.46. The first-order valence-electron chi connectivity index (χ1n) is 4.12. The molecule has 1 rings (SSSR count). The summed E-state index contributed by atoms with van der Waals surface area (Å²) in [5.74, 6) is 0. The van der Waals surface area contributed by atoms with Crippen LogP contribution in [0.4, 0.5) is 0 Å². The summed E-state index contributed by atoms with van der Waals surface area (Å²) in [6.07, 6.45) is 1.72. The third-order valence-corrected chi connectivity index (χ3v) is 3.38. The molecule has 0 unspecified atom stereocenters. The minimum Gasteiger partial charge on any atom is -0.352 e. The Kier molecular flexibility index (Phi) is 4.95. The molecule has 1 aromatic carbocycles. The van der Waals surface area contributed by atoms with Crippen LogP contribution in [0.2, 0.25) is 0 Å². The van der Waals surface area contributed by atoms with E-state index in [0.29, 0.717) is 0 Å². The van der Waals surface area contributed by atoms with E-state index < -0.39 is 0 Å². The van der Waals surface area contributed by atoms with Gasteiger partial charge in [-0.05, 0) is 18.4 Å². The van der Waals surface area contributed by atoms with E-state index in [0.717, 1.165) is 14.9 Å². The molecular formula is C10H13BrO2S. The fourth-order valence-corrected chi connectivity index (χ4v) is 2.58. The number of rotatable bonds is 4. The quantitative estimate of drug-likeness (QED) is 0.620. The molecule has 0 bridgehead atoms. The minimum atomic E-state index is -0.312. The van der Waals surface area contributed by atoms with Gasteiger partial charge in [0.15, 0.2) is 6.29 Å². The SMILES string of the molecule is COC(OC)c1c(Br)cccc1SC. The smallest absolute Gasteiger partial charge is 0.185 e. The van der Waals surface area contributed by atoms with Crippen LogP contribution in [0.5, 0.6) is 0 Å². The summed E-state index contributed by atoms with van der Waals surface area (Å²) in [6.45, 7) is 0. The van der Waals surface area contributed by atoms with Crippen molar-refractivity contribution in [3.63, 3.8) is 0 Å². The lowest BCUT2D eigenvalue weighted by Gasteiger charge is -2.18. The highest BCUT2D eigenvalue weighted by atomic mass is 79.9. The second-order valence-corrected chi connectivity index (χ2v) is 4.36. The maximum absolute atomic E-state index is 5.24. The second kappa shape index (κ2) is 5.75. The molecule has 0 radical (unpaired) electrons. The van der Waals surface area contributed by atoms with Crippen LogP contribution in [-0.2, 0) is 9.47 Å². The summed E-state index contributed by atoms with van der Waals surface area (Å²) < 4.78 is 11.5. The van der Waals surface area contributed by atoms with Gasteiger partial charge in [-0.25, -0.2) is 0 Å². The molecule has 0 saturated heterocycles. The van der Waals surface area contributed by atoms with E-state index in [1.54, 1.807) is 26.0 Å². The molecular weight excluding hydrogens is 264 g/mol. The summed E-state index contributed by atoms with van der Waals surface area (Å²) in [5, 5.41) is 0. The number of hydrogen-bond acceptors (Lipinski definition) is 3. The van der Waals surface area contributed by atoms with Crippen LogP contribution in [0.1, 0.15) is 11.9 Å². The molecule has 0 aliphatic heterocycles. The highest BCUT2D eigenvalue weighted by Crippen LogP contribution is 2.34. The Hall–Kier alpha value is -0.0300. The largest absolute Gasteiger partial charge is 0.352 e. The molecule has 0 atom stereocenters. The average molecular weight is 277 g/mol. The molecule has 14 heavy (non-hydrogen) atoms. The molecule has 0 fully saturated rings. The van der Waals surface area contributed by atoms with Crippen molar-refractivity contribution >= 4 is 27.7 Å². The zero-order chi connectivity index (χ0) is 10.6. The molecule has 1 aromatic rings. The first-order chi connectivity index (χ1) is 6.74. The van der Waals surface area contributed by atoms with Gasteiger partial charge in [-0.1, -0.05) is 22.0 Å². The van der Waals surface area contributed by atoms with Gasteiger partial charge in [-0.15, -0.1) is 11.8 Å². The van der Waals surface area contributed by atoms with Crippen molar-refractivity contribution in [2.75, 3.05) is 20.5 Å². The topological polar surface area (TPSA) is 18.5 Å². The lowest BCUT2D eigenvalue weighted by Crippen LogP contribution is -2.05. The second-order valence-electron chi connectivity index (χ2n) is 2.66. The van der Waals surface area contributed by atoms with Gasteiger partial charge in [-0.3, -0.25) is 0 Å². The van der Waals surface area contributed by atoms with Crippen LogP contribution in [-0.4, -0.2) is 20.5 Å². The van der Waals surface area contributed by atoms with Gasteiger partial charge >= 0.3 is 0 Å². The van der Waals surface area contributed by atoms with E-state index in [4.69, 9.17) is 9.47 Å². The number of ether oxygens (including phenoxy) is 2. The fraction of sp³-hybridized carbons (Fsp3) is 0.400. The van der Waals surface area contributed by atoms with E-state index in [-0.39, 0.29) is 6.29 Å². The van der Waals surface area contributed by atoms with Gasteiger partial charge < -0.3 is 9.47 Å². The Morgan fingerprint density at radius 1 is 1.29 bits per heavy atom. The number of hydrogen-bond donors (Lipinski definition) is 0. The van der Waals surface area contributed by atoms with Gasteiger partial charge in [0.2, 0.25) is 0 Å².